The van der Waals surface area contributed by atoms with E-state index in [1.54, 1.807) is 24.3 Å². The van der Waals surface area contributed by atoms with Crippen LogP contribution in [0.25, 0.3) is 33.3 Å². The number of furan rings is 1. The van der Waals surface area contributed by atoms with Gasteiger partial charge in [0.25, 0.3) is 5.56 Å². The Hall–Kier alpha value is -2.63. The zero-order valence-electron chi connectivity index (χ0n) is 13.4. The molecule has 1 N–H and O–H groups in total. The molecule has 0 aliphatic rings. The molecule has 2 aromatic heterocycles. The number of rotatable bonds is 3. The van der Waals surface area contributed by atoms with Crippen LogP contribution in [0.2, 0.25) is 0 Å². The molecular formula is C20H12BrClN2O2. The van der Waals surface area contributed by atoms with E-state index in [1.165, 1.54) is 0 Å². The molecular weight excluding hydrogens is 416 g/mol. The molecule has 0 bridgehead atoms. The van der Waals surface area contributed by atoms with Crippen molar-refractivity contribution in [1.82, 2.24) is 9.97 Å². The second kappa shape index (κ2) is 6.94. The highest BCUT2D eigenvalue weighted by molar-refractivity contribution is 9.10. The van der Waals surface area contributed by atoms with Gasteiger partial charge in [-0.1, -0.05) is 51.8 Å². The molecule has 0 fully saturated rings. The first kappa shape index (κ1) is 16.8. The van der Waals surface area contributed by atoms with Crippen LogP contribution in [0.1, 0.15) is 11.6 Å². The molecule has 0 saturated heterocycles. The Morgan fingerprint density at radius 2 is 1.85 bits per heavy atom. The van der Waals surface area contributed by atoms with Crippen LogP contribution in [0.3, 0.4) is 0 Å². The number of para-hydroxylation sites is 1. The molecule has 0 saturated carbocycles. The first-order chi connectivity index (χ1) is 12.6. The van der Waals surface area contributed by atoms with Crippen LogP contribution in [-0.2, 0) is 0 Å². The highest BCUT2D eigenvalue weighted by Crippen LogP contribution is 2.27. The molecule has 4 nitrogen and oxygen atoms in total. The fourth-order valence-electron chi connectivity index (χ4n) is 2.59. The minimum atomic E-state index is -0.229. The third-order valence-corrected chi connectivity index (χ3v) is 4.68. The van der Waals surface area contributed by atoms with E-state index in [-0.39, 0.29) is 5.56 Å². The van der Waals surface area contributed by atoms with Crippen LogP contribution in [-0.4, -0.2) is 9.97 Å². The molecule has 0 radical (unpaired) electrons. The number of aromatic nitrogens is 2. The topological polar surface area (TPSA) is 58.9 Å². The van der Waals surface area contributed by atoms with Crippen LogP contribution in [0.5, 0.6) is 0 Å². The Morgan fingerprint density at radius 3 is 2.65 bits per heavy atom. The molecule has 2 heterocycles. The van der Waals surface area contributed by atoms with Gasteiger partial charge in [-0.05, 0) is 36.4 Å². The number of halogens is 2. The minimum absolute atomic E-state index is 0.229. The summed E-state index contributed by atoms with van der Waals surface area (Å²) in [5, 5.41) is 0.820. The summed E-state index contributed by atoms with van der Waals surface area (Å²) in [5.41, 5.74) is 1.32. The van der Waals surface area contributed by atoms with Gasteiger partial charge in [0.2, 0.25) is 0 Å². The molecule has 6 heteroatoms. The van der Waals surface area contributed by atoms with Crippen LogP contribution >= 0.6 is 27.5 Å². The lowest BCUT2D eigenvalue weighted by Crippen LogP contribution is -2.10. The lowest BCUT2D eigenvalue weighted by Gasteiger charge is -2.01. The first-order valence-electron chi connectivity index (χ1n) is 7.82. The van der Waals surface area contributed by atoms with Crippen molar-refractivity contribution in [1.29, 1.82) is 0 Å². The fourth-order valence-corrected chi connectivity index (χ4v) is 3.05. The van der Waals surface area contributed by atoms with Crippen LogP contribution in [0.4, 0.5) is 0 Å². The van der Waals surface area contributed by atoms with E-state index in [1.807, 2.05) is 42.5 Å². The highest BCUT2D eigenvalue weighted by atomic mass is 79.9. The van der Waals surface area contributed by atoms with Gasteiger partial charge >= 0.3 is 0 Å². The van der Waals surface area contributed by atoms with Gasteiger partial charge in [0.1, 0.15) is 11.5 Å². The molecule has 0 amide bonds. The van der Waals surface area contributed by atoms with Crippen molar-refractivity contribution in [3.8, 4) is 11.3 Å². The van der Waals surface area contributed by atoms with Crippen LogP contribution in [0.15, 0.2) is 74.3 Å². The molecule has 4 rings (SSSR count). The Bertz CT molecular complexity index is 1180. The Balaban J connectivity index is 1.68. The Morgan fingerprint density at radius 1 is 1.08 bits per heavy atom. The largest absolute Gasteiger partial charge is 0.457 e. The Labute approximate surface area is 162 Å². The predicted octanol–water partition coefficient (Wildman–Crippen LogP) is 5.68. The smallest absolute Gasteiger partial charge is 0.259 e. The zero-order valence-corrected chi connectivity index (χ0v) is 15.7. The van der Waals surface area contributed by atoms with Crippen molar-refractivity contribution < 1.29 is 4.42 Å². The summed E-state index contributed by atoms with van der Waals surface area (Å²) < 4.78 is 6.83. The minimum Gasteiger partial charge on any atom is -0.457 e. The van der Waals surface area contributed by atoms with Gasteiger partial charge in [-0.25, -0.2) is 4.98 Å². The number of hydrogen-bond acceptors (Lipinski definition) is 3. The monoisotopic (exact) mass is 426 g/mol. The van der Waals surface area contributed by atoms with Gasteiger partial charge in [-0.2, -0.15) is 0 Å². The third-order valence-electron chi connectivity index (χ3n) is 3.86. The van der Waals surface area contributed by atoms with E-state index >= 15 is 0 Å². The third kappa shape index (κ3) is 3.36. The quantitative estimate of drug-likeness (QED) is 0.457. The van der Waals surface area contributed by atoms with Crippen molar-refractivity contribution in [3.63, 3.8) is 0 Å². The van der Waals surface area contributed by atoms with E-state index in [4.69, 9.17) is 16.0 Å². The van der Waals surface area contributed by atoms with Crippen LogP contribution < -0.4 is 5.56 Å². The number of aromatic amines is 1. The molecule has 0 atom stereocenters. The molecule has 0 aliphatic heterocycles. The number of fused-ring (bicyclic) bond motifs is 1. The van der Waals surface area contributed by atoms with E-state index in [0.717, 1.165) is 15.8 Å². The maximum atomic E-state index is 12.2. The number of hydrogen-bond donors (Lipinski definition) is 1. The number of nitrogens with zero attached hydrogens (tertiary/aromatic N) is 1. The first-order valence-corrected chi connectivity index (χ1v) is 9.00. The maximum Gasteiger partial charge on any atom is 0.259 e. The average molecular weight is 428 g/mol. The number of H-pyrrole nitrogens is 1. The van der Waals surface area contributed by atoms with Gasteiger partial charge in [-0.3, -0.25) is 4.79 Å². The van der Waals surface area contributed by atoms with Crippen LogP contribution in [0, 0.1) is 0 Å². The van der Waals surface area contributed by atoms with Crippen molar-refractivity contribution >= 4 is 49.5 Å². The summed E-state index contributed by atoms with van der Waals surface area (Å²) >= 11 is 9.76. The van der Waals surface area contributed by atoms with Gasteiger partial charge in [0.15, 0.2) is 5.82 Å². The van der Waals surface area contributed by atoms with Gasteiger partial charge in [0.05, 0.1) is 15.9 Å². The van der Waals surface area contributed by atoms with Crippen molar-refractivity contribution in [2.75, 3.05) is 0 Å². The summed E-state index contributed by atoms with van der Waals surface area (Å²) in [6.07, 6.45) is 1.64. The zero-order chi connectivity index (χ0) is 18.1. The second-order valence-electron chi connectivity index (χ2n) is 5.63. The van der Waals surface area contributed by atoms with E-state index in [9.17, 15) is 4.79 Å². The fraction of sp³-hybridized carbons (Fsp3) is 0. The molecule has 0 unspecified atom stereocenters. The molecule has 0 aliphatic carbocycles. The normalized spacial score (nSPS) is 11.8. The van der Waals surface area contributed by atoms with Crippen molar-refractivity contribution in [2.45, 2.75) is 0 Å². The Kier molecular flexibility index (Phi) is 4.49. The average Bonchev–Trinajstić information content (AvgIpc) is 3.10. The summed E-state index contributed by atoms with van der Waals surface area (Å²) in [5.74, 6) is 1.61. The van der Waals surface area contributed by atoms with E-state index in [0.29, 0.717) is 27.5 Å². The number of nitrogens with one attached hydrogen (secondary N) is 1. The second-order valence-corrected chi connectivity index (χ2v) is 6.96. The lowest BCUT2D eigenvalue weighted by atomic mass is 10.2. The van der Waals surface area contributed by atoms with Gasteiger partial charge in [0, 0.05) is 16.1 Å². The summed E-state index contributed by atoms with van der Waals surface area (Å²) in [4.78, 5) is 19.3. The summed E-state index contributed by atoms with van der Waals surface area (Å²) in [6, 6.07) is 18.6. The number of benzene rings is 2. The molecule has 128 valence electrons. The predicted molar refractivity (Wildman–Crippen MR) is 108 cm³/mol. The standard InChI is InChI=1S/C20H12BrClN2O2/c21-13-7-5-12(6-8-13)18-10-9-14(26-18)11-16(22)19-23-17-4-2-1-3-15(17)20(25)24-19/h1-11H,(H,23,24,25). The SMILES string of the molecule is O=c1[nH]c(C(Cl)=Cc2ccc(-c3ccc(Br)cc3)o2)nc2ccccc12. The van der Waals surface area contributed by atoms with Crippen molar-refractivity contribution in [3.05, 3.63) is 87.1 Å². The van der Waals surface area contributed by atoms with E-state index in [2.05, 4.69) is 25.9 Å². The molecule has 2 aromatic carbocycles. The molecule has 4 aromatic rings. The van der Waals surface area contributed by atoms with Crippen molar-refractivity contribution in [2.24, 2.45) is 0 Å². The molecule has 0 spiro atoms. The van der Waals surface area contributed by atoms with Gasteiger partial charge < -0.3 is 9.40 Å². The summed E-state index contributed by atoms with van der Waals surface area (Å²) in [6.45, 7) is 0. The maximum absolute atomic E-state index is 12.2. The molecule has 26 heavy (non-hydrogen) atoms. The van der Waals surface area contributed by atoms with Gasteiger partial charge in [-0.15, -0.1) is 0 Å². The lowest BCUT2D eigenvalue weighted by molar-refractivity contribution is 0.572. The highest BCUT2D eigenvalue weighted by Gasteiger charge is 2.09. The van der Waals surface area contributed by atoms with E-state index < -0.39 is 0 Å². The summed E-state index contributed by atoms with van der Waals surface area (Å²) in [7, 11) is 0.